The summed E-state index contributed by atoms with van der Waals surface area (Å²) in [6, 6.07) is 4.34. The molecule has 1 aromatic heterocycles. The van der Waals surface area contributed by atoms with E-state index >= 15 is 0 Å². The van der Waals surface area contributed by atoms with Gasteiger partial charge in [0.15, 0.2) is 5.78 Å². The molecule has 12 heavy (non-hydrogen) atoms. The average Bonchev–Trinajstić information content (AvgIpc) is 2.49. The number of hydrogen-bond donors (Lipinski definition) is 0. The Balaban J connectivity index is 2.57. The maximum Gasteiger partial charge on any atom is 0.164 e. The topological polar surface area (TPSA) is 22.0 Å². The highest BCUT2D eigenvalue weighted by Gasteiger charge is 2.19. The third kappa shape index (κ3) is 0.868. The molecule has 0 aliphatic heterocycles. The van der Waals surface area contributed by atoms with E-state index in [1.807, 2.05) is 6.07 Å². The first-order valence-electron chi connectivity index (χ1n) is 4.03. The zero-order valence-electron chi connectivity index (χ0n) is 6.71. The van der Waals surface area contributed by atoms with Crippen molar-refractivity contribution in [1.29, 1.82) is 0 Å². The first-order valence-corrected chi connectivity index (χ1v) is 4.03. The number of ketones is 1. The molecule has 1 aliphatic rings. The van der Waals surface area contributed by atoms with E-state index in [-0.39, 0.29) is 5.78 Å². The minimum Gasteiger partial charge on any atom is -0.294 e. The van der Waals surface area contributed by atoms with Gasteiger partial charge in [-0.15, -0.1) is 0 Å². The molecule has 0 radical (unpaired) electrons. The van der Waals surface area contributed by atoms with Gasteiger partial charge in [-0.05, 0) is 18.9 Å². The van der Waals surface area contributed by atoms with E-state index in [1.54, 1.807) is 10.8 Å². The van der Waals surface area contributed by atoms with Gasteiger partial charge in [0.1, 0.15) is 0 Å². The minimum absolute atomic E-state index is 0.227. The Hall–Kier alpha value is -1.49. The highest BCUT2D eigenvalue weighted by atomic mass is 16.1. The van der Waals surface area contributed by atoms with Gasteiger partial charge in [0, 0.05) is 29.9 Å². The van der Waals surface area contributed by atoms with E-state index in [2.05, 4.69) is 6.04 Å². The molecule has 2 nitrogen and oxygen atoms in total. The second-order valence-electron chi connectivity index (χ2n) is 2.95. The minimum atomic E-state index is 0.227. The van der Waals surface area contributed by atoms with E-state index in [1.165, 1.54) is 0 Å². The third-order valence-electron chi connectivity index (χ3n) is 2.25. The summed E-state index contributed by atoms with van der Waals surface area (Å²) >= 11 is 0. The Bertz CT molecular complexity index is 368. The average molecular weight is 159 g/mol. The number of fused-ring (bicyclic) bond motifs is 1. The molecule has 0 unspecified atom stereocenters. The Morgan fingerprint density at radius 1 is 1.50 bits per heavy atom. The molecule has 0 N–H and O–H groups in total. The van der Waals surface area contributed by atoms with Crippen LogP contribution in [0.3, 0.4) is 0 Å². The fourth-order valence-electron chi connectivity index (χ4n) is 1.65. The molecule has 0 bridgehead atoms. The number of Topliss-reactive ketones (excluding diaryl/α,β-unsaturated/α-hetero) is 1. The molecule has 0 spiro atoms. The van der Waals surface area contributed by atoms with E-state index in [4.69, 9.17) is 6.42 Å². The molecule has 0 aromatic carbocycles. The fraction of sp³-hybridized carbons (Fsp3) is 0.300. The number of carbonyl (C=O) groups is 1. The Morgan fingerprint density at radius 3 is 3.08 bits per heavy atom. The van der Waals surface area contributed by atoms with E-state index in [9.17, 15) is 4.79 Å². The maximum absolute atomic E-state index is 11.3. The van der Waals surface area contributed by atoms with Crippen LogP contribution in [0.4, 0.5) is 0 Å². The quantitative estimate of drug-likeness (QED) is 0.525. The van der Waals surface area contributed by atoms with Crippen molar-refractivity contribution in [3.63, 3.8) is 0 Å². The van der Waals surface area contributed by atoms with Crippen LogP contribution in [0.2, 0.25) is 0 Å². The normalized spacial score (nSPS) is 15.4. The number of nitrogens with zero attached hydrogens (tertiary/aromatic N) is 1. The first kappa shape index (κ1) is 7.17. The number of aromatic nitrogens is 1. The van der Waals surface area contributed by atoms with E-state index in [0.29, 0.717) is 6.42 Å². The molecule has 0 fully saturated rings. The van der Waals surface area contributed by atoms with Gasteiger partial charge in [0.25, 0.3) is 0 Å². The maximum atomic E-state index is 11.3. The monoisotopic (exact) mass is 159 g/mol. The highest BCUT2D eigenvalue weighted by Crippen LogP contribution is 2.21. The zero-order chi connectivity index (χ0) is 8.55. The standard InChI is InChI=1S/C10H9NO/c1-2-11-7-6-8-9(11)4-3-5-10(8)12/h1,6-7H,3-5H2. The van der Waals surface area contributed by atoms with Crippen molar-refractivity contribution >= 4 is 5.78 Å². The van der Waals surface area contributed by atoms with Crippen LogP contribution in [0, 0.1) is 12.5 Å². The summed E-state index contributed by atoms with van der Waals surface area (Å²) in [5.41, 5.74) is 1.83. The molecule has 1 aromatic rings. The molecule has 0 atom stereocenters. The number of rotatable bonds is 0. The van der Waals surface area contributed by atoms with Crippen molar-refractivity contribution in [1.82, 2.24) is 4.57 Å². The van der Waals surface area contributed by atoms with Crippen LogP contribution in [0.5, 0.6) is 0 Å². The van der Waals surface area contributed by atoms with Crippen molar-refractivity contribution in [2.45, 2.75) is 19.3 Å². The van der Waals surface area contributed by atoms with Gasteiger partial charge in [0.05, 0.1) is 0 Å². The molecule has 0 amide bonds. The number of carbonyl (C=O) groups excluding carboxylic acids is 1. The summed E-state index contributed by atoms with van der Waals surface area (Å²) in [4.78, 5) is 11.3. The van der Waals surface area contributed by atoms with Crippen molar-refractivity contribution in [2.75, 3.05) is 0 Å². The first-order chi connectivity index (χ1) is 5.83. The van der Waals surface area contributed by atoms with Crippen molar-refractivity contribution in [3.8, 4) is 12.5 Å². The number of terminal acetylenes is 1. The van der Waals surface area contributed by atoms with Gasteiger partial charge < -0.3 is 0 Å². The van der Waals surface area contributed by atoms with Crippen LogP contribution in [-0.2, 0) is 6.42 Å². The summed E-state index contributed by atoms with van der Waals surface area (Å²) in [5, 5.41) is 0. The summed E-state index contributed by atoms with van der Waals surface area (Å²) in [6.45, 7) is 0. The number of hydrogen-bond acceptors (Lipinski definition) is 1. The molecule has 60 valence electrons. The molecule has 0 saturated heterocycles. The van der Waals surface area contributed by atoms with Gasteiger partial charge in [-0.1, -0.05) is 6.42 Å². The van der Waals surface area contributed by atoms with E-state index in [0.717, 1.165) is 24.1 Å². The van der Waals surface area contributed by atoms with Crippen molar-refractivity contribution < 1.29 is 4.79 Å². The SMILES string of the molecule is C#Cn1ccc2c1CCCC2=O. The van der Waals surface area contributed by atoms with Crippen molar-refractivity contribution in [2.24, 2.45) is 0 Å². The molecule has 2 rings (SSSR count). The van der Waals surface area contributed by atoms with Crippen LogP contribution in [0.15, 0.2) is 12.3 Å². The fourth-order valence-corrected chi connectivity index (χ4v) is 1.65. The summed E-state index contributed by atoms with van der Waals surface area (Å²) in [6.07, 6.45) is 9.58. The third-order valence-corrected chi connectivity index (χ3v) is 2.25. The lowest BCUT2D eigenvalue weighted by molar-refractivity contribution is 0.0972. The Kier molecular flexibility index (Phi) is 1.51. The van der Waals surface area contributed by atoms with E-state index < -0.39 is 0 Å². The lowest BCUT2D eigenvalue weighted by Crippen LogP contribution is -2.11. The van der Waals surface area contributed by atoms with Gasteiger partial charge in [-0.25, -0.2) is 0 Å². The van der Waals surface area contributed by atoms with Gasteiger partial charge in [-0.3, -0.25) is 9.36 Å². The molecular formula is C10H9NO. The largest absolute Gasteiger partial charge is 0.294 e. The molecule has 2 heteroatoms. The lowest BCUT2D eigenvalue weighted by atomic mass is 9.97. The summed E-state index contributed by atoms with van der Waals surface area (Å²) < 4.78 is 1.70. The zero-order valence-corrected chi connectivity index (χ0v) is 6.71. The van der Waals surface area contributed by atoms with Crippen LogP contribution in [0.25, 0.3) is 0 Å². The Labute approximate surface area is 71.2 Å². The van der Waals surface area contributed by atoms with Crippen LogP contribution >= 0.6 is 0 Å². The van der Waals surface area contributed by atoms with Crippen LogP contribution in [0.1, 0.15) is 28.9 Å². The van der Waals surface area contributed by atoms with Crippen LogP contribution < -0.4 is 0 Å². The Morgan fingerprint density at radius 2 is 2.33 bits per heavy atom. The van der Waals surface area contributed by atoms with Gasteiger partial charge in [-0.2, -0.15) is 0 Å². The molecule has 0 saturated carbocycles. The molecular weight excluding hydrogens is 150 g/mol. The summed E-state index contributed by atoms with van der Waals surface area (Å²) in [5.74, 6) is 0.227. The molecule has 1 aliphatic carbocycles. The van der Waals surface area contributed by atoms with Crippen molar-refractivity contribution in [3.05, 3.63) is 23.5 Å². The molecule has 1 heterocycles. The smallest absolute Gasteiger partial charge is 0.164 e. The second-order valence-corrected chi connectivity index (χ2v) is 2.95. The van der Waals surface area contributed by atoms with Gasteiger partial charge >= 0.3 is 0 Å². The predicted molar refractivity (Wildman–Crippen MR) is 45.9 cm³/mol. The highest BCUT2D eigenvalue weighted by molar-refractivity contribution is 5.98. The predicted octanol–water partition coefficient (Wildman–Crippen LogP) is 1.45. The van der Waals surface area contributed by atoms with Crippen LogP contribution in [-0.4, -0.2) is 10.4 Å². The van der Waals surface area contributed by atoms with Gasteiger partial charge in [0.2, 0.25) is 0 Å². The second kappa shape index (κ2) is 2.53. The summed E-state index contributed by atoms with van der Waals surface area (Å²) in [7, 11) is 0. The lowest BCUT2D eigenvalue weighted by Gasteiger charge is -2.10.